The molecule has 0 bridgehead atoms. The lowest BCUT2D eigenvalue weighted by molar-refractivity contribution is 0.0592. The summed E-state index contributed by atoms with van der Waals surface area (Å²) in [5.41, 5.74) is 2.94. The van der Waals surface area contributed by atoms with Gasteiger partial charge in [-0.2, -0.15) is 0 Å². The molecular formula is C25H32N2O4. The van der Waals surface area contributed by atoms with E-state index in [9.17, 15) is 9.59 Å². The predicted molar refractivity (Wildman–Crippen MR) is 122 cm³/mol. The highest BCUT2D eigenvalue weighted by atomic mass is 16.6. The van der Waals surface area contributed by atoms with E-state index in [1.807, 2.05) is 25.7 Å². The van der Waals surface area contributed by atoms with E-state index >= 15 is 0 Å². The van der Waals surface area contributed by atoms with Gasteiger partial charge in [-0.25, -0.2) is 4.79 Å². The SMILES string of the molecule is Cc1ccc(C)c(OC2CCN(C(=O)c3ccc(NC(=O)OC(C)(C)C)cc3)CC2)c1. The zero-order valence-corrected chi connectivity index (χ0v) is 19.0. The van der Waals surface area contributed by atoms with Crippen molar-refractivity contribution in [2.45, 2.75) is 59.2 Å². The molecule has 31 heavy (non-hydrogen) atoms. The van der Waals surface area contributed by atoms with E-state index < -0.39 is 11.7 Å². The van der Waals surface area contributed by atoms with Crippen LogP contribution >= 0.6 is 0 Å². The van der Waals surface area contributed by atoms with Crippen LogP contribution in [0.1, 0.15) is 55.1 Å². The topological polar surface area (TPSA) is 67.9 Å². The maximum atomic E-state index is 12.9. The van der Waals surface area contributed by atoms with Crippen molar-refractivity contribution in [3.05, 3.63) is 59.2 Å². The maximum Gasteiger partial charge on any atom is 0.412 e. The number of amides is 2. The first-order valence-electron chi connectivity index (χ1n) is 10.7. The van der Waals surface area contributed by atoms with Crippen LogP contribution in [-0.2, 0) is 4.74 Å². The molecule has 0 radical (unpaired) electrons. The molecule has 6 nitrogen and oxygen atoms in total. The van der Waals surface area contributed by atoms with Gasteiger partial charge in [0.05, 0.1) is 0 Å². The number of piperidine rings is 1. The number of anilines is 1. The molecule has 2 amide bonds. The summed E-state index contributed by atoms with van der Waals surface area (Å²) in [7, 11) is 0. The zero-order valence-electron chi connectivity index (χ0n) is 19.0. The summed E-state index contributed by atoms with van der Waals surface area (Å²) in [5, 5.41) is 2.68. The molecule has 0 aliphatic carbocycles. The van der Waals surface area contributed by atoms with Crippen LogP contribution in [0.3, 0.4) is 0 Å². The Bertz CT molecular complexity index is 924. The minimum absolute atomic E-state index is 0.00555. The van der Waals surface area contributed by atoms with Crippen LogP contribution < -0.4 is 10.1 Å². The van der Waals surface area contributed by atoms with Gasteiger partial charge in [-0.1, -0.05) is 12.1 Å². The molecule has 1 fully saturated rings. The standard InChI is InChI=1S/C25H32N2O4/c1-17-6-7-18(2)22(16-17)30-21-12-14-27(15-13-21)23(28)19-8-10-20(11-9-19)26-24(29)31-25(3,4)5/h6-11,16,21H,12-15H2,1-5H3,(H,26,29). The summed E-state index contributed by atoms with van der Waals surface area (Å²) in [6.07, 6.45) is 1.21. The zero-order chi connectivity index (χ0) is 22.6. The number of ether oxygens (including phenoxy) is 2. The van der Waals surface area contributed by atoms with Crippen molar-refractivity contribution < 1.29 is 19.1 Å². The lowest BCUT2D eigenvalue weighted by Crippen LogP contribution is -2.41. The lowest BCUT2D eigenvalue weighted by atomic mass is 10.1. The summed E-state index contributed by atoms with van der Waals surface area (Å²) in [6, 6.07) is 13.1. The molecule has 0 unspecified atom stereocenters. The van der Waals surface area contributed by atoms with Crippen LogP contribution in [0.5, 0.6) is 5.75 Å². The van der Waals surface area contributed by atoms with Gasteiger partial charge in [0, 0.05) is 37.2 Å². The fourth-order valence-electron chi connectivity index (χ4n) is 3.49. The van der Waals surface area contributed by atoms with Crippen LogP contribution in [0.15, 0.2) is 42.5 Å². The largest absolute Gasteiger partial charge is 0.490 e. The molecule has 6 heteroatoms. The normalized spacial score (nSPS) is 14.8. The molecular weight excluding hydrogens is 392 g/mol. The summed E-state index contributed by atoms with van der Waals surface area (Å²) in [4.78, 5) is 26.6. The van der Waals surface area contributed by atoms with E-state index in [0.717, 1.165) is 24.2 Å². The number of aryl methyl sites for hydroxylation is 2. The average molecular weight is 425 g/mol. The minimum Gasteiger partial charge on any atom is -0.490 e. The van der Waals surface area contributed by atoms with Gasteiger partial charge in [0.25, 0.3) is 5.91 Å². The molecule has 0 aromatic heterocycles. The molecule has 1 aliphatic heterocycles. The van der Waals surface area contributed by atoms with E-state index in [0.29, 0.717) is 24.3 Å². The second-order valence-corrected chi connectivity index (χ2v) is 9.08. The molecule has 1 N–H and O–H groups in total. The van der Waals surface area contributed by atoms with Gasteiger partial charge in [0.1, 0.15) is 17.5 Å². The van der Waals surface area contributed by atoms with E-state index in [-0.39, 0.29) is 12.0 Å². The third kappa shape index (κ3) is 6.48. The molecule has 2 aromatic carbocycles. The van der Waals surface area contributed by atoms with Crippen LogP contribution in [0.4, 0.5) is 10.5 Å². The van der Waals surface area contributed by atoms with Gasteiger partial charge in [-0.15, -0.1) is 0 Å². The molecule has 0 spiro atoms. The van der Waals surface area contributed by atoms with Gasteiger partial charge in [0.2, 0.25) is 0 Å². The van der Waals surface area contributed by atoms with Crippen molar-refractivity contribution in [2.75, 3.05) is 18.4 Å². The monoisotopic (exact) mass is 424 g/mol. The fourth-order valence-corrected chi connectivity index (χ4v) is 3.49. The fraction of sp³-hybridized carbons (Fsp3) is 0.440. The predicted octanol–water partition coefficient (Wildman–Crippen LogP) is 5.33. The second kappa shape index (κ2) is 9.41. The van der Waals surface area contributed by atoms with Crippen LogP contribution in [0.2, 0.25) is 0 Å². The number of benzene rings is 2. The smallest absolute Gasteiger partial charge is 0.412 e. The summed E-state index contributed by atoms with van der Waals surface area (Å²) < 4.78 is 11.4. The molecule has 1 aliphatic rings. The number of carbonyl (C=O) groups excluding carboxylic acids is 2. The van der Waals surface area contributed by atoms with Crippen molar-refractivity contribution in [3.8, 4) is 5.75 Å². The first kappa shape index (κ1) is 22.7. The third-order valence-corrected chi connectivity index (χ3v) is 5.14. The highest BCUT2D eigenvalue weighted by molar-refractivity contribution is 5.95. The minimum atomic E-state index is -0.562. The van der Waals surface area contributed by atoms with Crippen molar-refractivity contribution >= 4 is 17.7 Å². The molecule has 1 saturated heterocycles. The van der Waals surface area contributed by atoms with Crippen LogP contribution in [0.25, 0.3) is 0 Å². The molecule has 166 valence electrons. The Morgan fingerprint density at radius 1 is 1.00 bits per heavy atom. The number of carbonyl (C=O) groups is 2. The average Bonchev–Trinajstić information content (AvgIpc) is 2.70. The van der Waals surface area contributed by atoms with Crippen molar-refractivity contribution in [2.24, 2.45) is 0 Å². The molecule has 3 rings (SSSR count). The highest BCUT2D eigenvalue weighted by Gasteiger charge is 2.25. The maximum absolute atomic E-state index is 12.9. The molecule has 0 atom stereocenters. The van der Waals surface area contributed by atoms with Gasteiger partial charge < -0.3 is 14.4 Å². The Balaban J connectivity index is 1.52. The number of hydrogen-bond acceptors (Lipinski definition) is 4. The lowest BCUT2D eigenvalue weighted by Gasteiger charge is -2.32. The van der Waals surface area contributed by atoms with Crippen molar-refractivity contribution in [1.29, 1.82) is 0 Å². The van der Waals surface area contributed by atoms with Gasteiger partial charge in [0.15, 0.2) is 0 Å². The number of likely N-dealkylation sites (tertiary alicyclic amines) is 1. The van der Waals surface area contributed by atoms with E-state index in [4.69, 9.17) is 9.47 Å². The second-order valence-electron chi connectivity index (χ2n) is 9.08. The summed E-state index contributed by atoms with van der Waals surface area (Å²) in [5.74, 6) is 0.923. The van der Waals surface area contributed by atoms with Gasteiger partial charge in [-0.05, 0) is 76.1 Å². The quantitative estimate of drug-likeness (QED) is 0.720. The number of hydrogen-bond donors (Lipinski definition) is 1. The van der Waals surface area contributed by atoms with Crippen molar-refractivity contribution in [3.63, 3.8) is 0 Å². The van der Waals surface area contributed by atoms with Gasteiger partial charge in [-0.3, -0.25) is 10.1 Å². The Hall–Kier alpha value is -3.02. The number of nitrogens with zero attached hydrogens (tertiary/aromatic N) is 1. The van der Waals surface area contributed by atoms with Crippen LogP contribution in [0, 0.1) is 13.8 Å². The van der Waals surface area contributed by atoms with Gasteiger partial charge >= 0.3 is 6.09 Å². The Kier molecular flexibility index (Phi) is 6.88. The number of rotatable bonds is 4. The number of nitrogens with one attached hydrogen (secondary N) is 1. The first-order chi connectivity index (χ1) is 14.6. The first-order valence-corrected chi connectivity index (χ1v) is 10.7. The van der Waals surface area contributed by atoms with Crippen molar-refractivity contribution in [1.82, 2.24) is 4.90 Å². The molecule has 0 saturated carbocycles. The van der Waals surface area contributed by atoms with Crippen LogP contribution in [-0.4, -0.2) is 41.7 Å². The van der Waals surface area contributed by atoms with E-state index in [1.54, 1.807) is 24.3 Å². The molecule has 2 aromatic rings. The third-order valence-electron chi connectivity index (χ3n) is 5.14. The van der Waals surface area contributed by atoms with E-state index in [1.165, 1.54) is 5.56 Å². The van der Waals surface area contributed by atoms with E-state index in [2.05, 4.69) is 37.4 Å². The summed E-state index contributed by atoms with van der Waals surface area (Å²) in [6.45, 7) is 10.9. The molecule has 1 heterocycles. The Morgan fingerprint density at radius 2 is 1.65 bits per heavy atom. The Labute approximate surface area is 184 Å². The summed E-state index contributed by atoms with van der Waals surface area (Å²) >= 11 is 0. The highest BCUT2D eigenvalue weighted by Crippen LogP contribution is 2.24. The Morgan fingerprint density at radius 3 is 2.26 bits per heavy atom.